The Morgan fingerprint density at radius 2 is 1.76 bits per heavy atom. The predicted molar refractivity (Wildman–Crippen MR) is 157 cm³/mol. The molecule has 3 aliphatic rings. The van der Waals surface area contributed by atoms with E-state index >= 15 is 0 Å². The Bertz CT molecular complexity index is 1220. The van der Waals surface area contributed by atoms with Crippen LogP contribution in [0.1, 0.15) is 63.0 Å². The van der Waals surface area contributed by atoms with Crippen LogP contribution in [0.4, 0.5) is 9.59 Å². The van der Waals surface area contributed by atoms with Gasteiger partial charge in [0.15, 0.2) is 0 Å². The Morgan fingerprint density at radius 1 is 0.976 bits per heavy atom. The third-order valence-corrected chi connectivity index (χ3v) is 8.07. The van der Waals surface area contributed by atoms with Gasteiger partial charge in [-0.15, -0.1) is 0 Å². The highest BCUT2D eigenvalue weighted by molar-refractivity contribution is 5.78. The molecule has 1 aromatic rings. The van der Waals surface area contributed by atoms with E-state index in [0.29, 0.717) is 69.9 Å². The summed E-state index contributed by atoms with van der Waals surface area (Å²) in [5.74, 6) is 3.03. The van der Waals surface area contributed by atoms with E-state index in [1.807, 2.05) is 39.8 Å². The summed E-state index contributed by atoms with van der Waals surface area (Å²) in [6, 6.07) is 3.70. The largest absolute Gasteiger partial charge is 0.501 e. The van der Waals surface area contributed by atoms with Crippen LogP contribution in [-0.2, 0) is 16.0 Å². The molecule has 41 heavy (non-hydrogen) atoms. The highest BCUT2D eigenvalue weighted by atomic mass is 16.5. The van der Waals surface area contributed by atoms with Crippen LogP contribution in [0.5, 0.6) is 11.5 Å². The summed E-state index contributed by atoms with van der Waals surface area (Å²) in [6.45, 7) is 6.78. The molecule has 224 valence electrons. The van der Waals surface area contributed by atoms with Crippen molar-refractivity contribution in [2.45, 2.75) is 58.4 Å². The lowest BCUT2D eigenvalue weighted by atomic mass is 9.94. The van der Waals surface area contributed by atoms with Crippen molar-refractivity contribution in [3.8, 4) is 11.5 Å². The van der Waals surface area contributed by atoms with Crippen LogP contribution in [0.25, 0.3) is 0 Å². The molecule has 10 nitrogen and oxygen atoms in total. The summed E-state index contributed by atoms with van der Waals surface area (Å²) in [5.41, 5.74) is 3.67. The Morgan fingerprint density at radius 3 is 2.44 bits per heavy atom. The molecule has 10 heteroatoms. The van der Waals surface area contributed by atoms with Gasteiger partial charge < -0.3 is 34.1 Å². The Labute approximate surface area is 243 Å². The van der Waals surface area contributed by atoms with E-state index in [-0.39, 0.29) is 18.0 Å². The van der Waals surface area contributed by atoms with Crippen LogP contribution >= 0.6 is 0 Å². The molecule has 1 N–H and O–H groups in total. The number of fused-ring (bicyclic) bond motifs is 2. The van der Waals surface area contributed by atoms with Gasteiger partial charge in [0.2, 0.25) is 0 Å². The molecule has 1 aromatic carbocycles. The first-order valence-electron chi connectivity index (χ1n) is 14.4. The fourth-order valence-corrected chi connectivity index (χ4v) is 5.87. The second kappa shape index (κ2) is 13.7. The van der Waals surface area contributed by atoms with Crippen LogP contribution in [0.15, 0.2) is 47.2 Å². The number of allylic oxidation sites excluding steroid dienone is 5. The van der Waals surface area contributed by atoms with Crippen molar-refractivity contribution in [1.29, 1.82) is 0 Å². The zero-order valence-electron chi connectivity index (χ0n) is 25.2. The molecule has 2 heterocycles. The molecule has 1 aliphatic carbocycles. The van der Waals surface area contributed by atoms with Crippen molar-refractivity contribution < 1.29 is 28.5 Å². The second-order valence-corrected chi connectivity index (χ2v) is 10.5. The molecular weight excluding hydrogens is 524 g/mol. The van der Waals surface area contributed by atoms with Gasteiger partial charge >= 0.3 is 12.1 Å². The lowest BCUT2D eigenvalue weighted by molar-refractivity contribution is 0.162. The molecule has 4 rings (SSSR count). The van der Waals surface area contributed by atoms with Gasteiger partial charge in [0.05, 0.1) is 46.4 Å². The average Bonchev–Trinajstić information content (AvgIpc) is 3.14. The summed E-state index contributed by atoms with van der Waals surface area (Å²) in [6.07, 6.45) is 7.45. The van der Waals surface area contributed by atoms with Gasteiger partial charge in [-0.3, -0.25) is 4.90 Å². The number of methoxy groups -OCH3 is 4. The van der Waals surface area contributed by atoms with Crippen LogP contribution in [-0.4, -0.2) is 81.4 Å². The number of nitrogens with one attached hydrogen (secondary N) is 1. The van der Waals surface area contributed by atoms with Crippen molar-refractivity contribution in [2.24, 2.45) is 0 Å². The molecule has 1 fully saturated rings. The lowest BCUT2D eigenvalue weighted by Crippen LogP contribution is -2.44. The van der Waals surface area contributed by atoms with Crippen molar-refractivity contribution >= 4 is 12.1 Å². The number of amides is 4. The number of carbonyl (C=O) groups is 2. The first kappa shape index (κ1) is 30.1. The fourth-order valence-electron chi connectivity index (χ4n) is 5.87. The summed E-state index contributed by atoms with van der Waals surface area (Å²) in [7, 11) is 6.55. The monoisotopic (exact) mass is 568 g/mol. The lowest BCUT2D eigenvalue weighted by Gasteiger charge is -2.31. The minimum Gasteiger partial charge on any atom is -0.501 e. The van der Waals surface area contributed by atoms with Crippen molar-refractivity contribution in [3.63, 3.8) is 0 Å². The minimum atomic E-state index is -0.180. The first-order valence-corrected chi connectivity index (χ1v) is 14.4. The molecule has 2 aliphatic heterocycles. The summed E-state index contributed by atoms with van der Waals surface area (Å²) >= 11 is 0. The van der Waals surface area contributed by atoms with E-state index in [2.05, 4.69) is 18.3 Å². The third-order valence-electron chi connectivity index (χ3n) is 8.07. The summed E-state index contributed by atoms with van der Waals surface area (Å²) in [4.78, 5) is 33.0. The van der Waals surface area contributed by atoms with E-state index in [4.69, 9.17) is 18.9 Å². The van der Waals surface area contributed by atoms with E-state index in [1.165, 1.54) is 0 Å². The standard InChI is InChI=1S/C31H44N4O6/c1-7-33-14-9-15-34(30(36)32-26-18-24(38-3)11-12-27(26)40-5)13-8-10-23-16-21(2)29-22(20-35(23)31(33)37)17-25(39-4)19-28(29)41-6/h16-19,21H,7-15,20H2,1-6H3,(H,32,36)/t21-/m0/s1. The van der Waals surface area contributed by atoms with Crippen molar-refractivity contribution in [1.82, 2.24) is 20.0 Å². The van der Waals surface area contributed by atoms with E-state index in [9.17, 15) is 9.59 Å². The van der Waals surface area contributed by atoms with Gasteiger partial charge in [0, 0.05) is 68.3 Å². The third kappa shape index (κ3) is 6.74. The quantitative estimate of drug-likeness (QED) is 0.499. The maximum Gasteiger partial charge on any atom is 0.324 e. The molecule has 0 unspecified atom stereocenters. The number of rotatable bonds is 6. The number of ether oxygens (including phenoxy) is 4. The van der Waals surface area contributed by atoms with Crippen LogP contribution in [0.3, 0.4) is 0 Å². The summed E-state index contributed by atoms with van der Waals surface area (Å²) < 4.78 is 22.2. The Hall–Kier alpha value is -3.82. The Balaban J connectivity index is 1.60. The maximum atomic E-state index is 13.9. The first-order chi connectivity index (χ1) is 19.8. The van der Waals surface area contributed by atoms with Gasteiger partial charge in [-0.25, -0.2) is 9.59 Å². The molecule has 1 saturated heterocycles. The smallest absolute Gasteiger partial charge is 0.324 e. The van der Waals surface area contributed by atoms with E-state index in [0.717, 1.165) is 40.5 Å². The highest BCUT2D eigenvalue weighted by Gasteiger charge is 2.31. The molecule has 0 aromatic heterocycles. The fraction of sp³-hybridized carbons (Fsp3) is 0.548. The van der Waals surface area contributed by atoms with Crippen molar-refractivity contribution in [2.75, 3.05) is 54.6 Å². The zero-order chi connectivity index (χ0) is 29.5. The maximum absolute atomic E-state index is 13.9. The topological polar surface area (TPSA) is 92.8 Å². The molecule has 0 saturated carbocycles. The number of carbonyl (C=O) groups excluding carboxylic acids is 2. The van der Waals surface area contributed by atoms with Gasteiger partial charge in [-0.1, -0.05) is 13.0 Å². The normalized spacial score (nSPS) is 20.1. The number of nitrogens with zero attached hydrogens (tertiary/aromatic N) is 3. The summed E-state index contributed by atoms with van der Waals surface area (Å²) in [5, 5.41) is 3.05. The van der Waals surface area contributed by atoms with Gasteiger partial charge in [-0.05, 0) is 37.8 Å². The highest BCUT2D eigenvalue weighted by Crippen LogP contribution is 2.40. The molecule has 4 amide bonds. The molecule has 0 spiro atoms. The molecule has 0 radical (unpaired) electrons. The number of hydrogen-bond acceptors (Lipinski definition) is 6. The molecular formula is C31H44N4O6. The van der Waals surface area contributed by atoms with Gasteiger partial charge in [-0.2, -0.15) is 0 Å². The van der Waals surface area contributed by atoms with Gasteiger partial charge in [0.1, 0.15) is 17.3 Å². The SMILES string of the molecule is CCN1CCCN(C(=O)NC2=C(OC)CCC(OC)=C2)CCCC2=C[C@H](C)c3c(cc(OC)cc3OC)CN2C1=O. The minimum absolute atomic E-state index is 0.0205. The van der Waals surface area contributed by atoms with E-state index in [1.54, 1.807) is 28.4 Å². The molecule has 1 atom stereocenters. The number of hydrogen-bond donors (Lipinski definition) is 1. The van der Waals surface area contributed by atoms with Crippen LogP contribution in [0.2, 0.25) is 0 Å². The number of benzene rings is 1. The van der Waals surface area contributed by atoms with Gasteiger partial charge in [0.25, 0.3) is 0 Å². The second-order valence-electron chi connectivity index (χ2n) is 10.5. The predicted octanol–water partition coefficient (Wildman–Crippen LogP) is 5.33. The van der Waals surface area contributed by atoms with Crippen molar-refractivity contribution in [3.05, 3.63) is 58.3 Å². The molecule has 0 bridgehead atoms. The number of urea groups is 2. The average molecular weight is 569 g/mol. The van der Waals surface area contributed by atoms with E-state index < -0.39 is 0 Å². The van der Waals surface area contributed by atoms with Crippen LogP contribution < -0.4 is 14.8 Å². The van der Waals surface area contributed by atoms with Crippen LogP contribution in [0, 0.1) is 0 Å². The zero-order valence-corrected chi connectivity index (χ0v) is 25.2. The Kier molecular flexibility index (Phi) is 10.1.